The summed E-state index contributed by atoms with van der Waals surface area (Å²) in [4.78, 5) is 16.0. The molecule has 1 atom stereocenters. The molecule has 5 heteroatoms. The Labute approximate surface area is 113 Å². The lowest BCUT2D eigenvalue weighted by Gasteiger charge is -2.24. The zero-order valence-electron chi connectivity index (χ0n) is 11.2. The first-order chi connectivity index (χ1) is 9.10. The molecule has 1 amide bonds. The van der Waals surface area contributed by atoms with Gasteiger partial charge in [0, 0.05) is 31.4 Å². The number of likely N-dealkylation sites (tertiary alicyclic amines) is 1. The van der Waals surface area contributed by atoms with Crippen LogP contribution in [0.25, 0.3) is 0 Å². The van der Waals surface area contributed by atoms with E-state index in [0.717, 1.165) is 25.2 Å². The maximum Gasteiger partial charge on any atom is 0.241 e. The molecule has 1 aliphatic heterocycles. The molecule has 1 heterocycles. The number of hydrogen-bond acceptors (Lipinski definition) is 3. The highest BCUT2D eigenvalue weighted by atomic mass is 19.1. The molecule has 1 aromatic carbocycles. The number of hydrogen-bond donors (Lipinski definition) is 1. The van der Waals surface area contributed by atoms with E-state index in [9.17, 15) is 9.18 Å². The Balaban J connectivity index is 2.00. The molecule has 1 aliphatic rings. The van der Waals surface area contributed by atoms with Gasteiger partial charge in [-0.2, -0.15) is 0 Å². The van der Waals surface area contributed by atoms with Crippen LogP contribution in [0, 0.1) is 5.82 Å². The van der Waals surface area contributed by atoms with Gasteiger partial charge in [-0.1, -0.05) is 0 Å². The summed E-state index contributed by atoms with van der Waals surface area (Å²) in [6.07, 6.45) is 0.940. The highest BCUT2D eigenvalue weighted by Crippen LogP contribution is 2.16. The van der Waals surface area contributed by atoms with Gasteiger partial charge in [0.25, 0.3) is 0 Å². The monoisotopic (exact) mass is 265 g/mol. The summed E-state index contributed by atoms with van der Waals surface area (Å²) in [6, 6.07) is 6.18. The van der Waals surface area contributed by atoms with Crippen LogP contribution in [0.5, 0.6) is 0 Å². The zero-order chi connectivity index (χ0) is 13.8. The summed E-state index contributed by atoms with van der Waals surface area (Å²) in [5.41, 5.74) is 6.56. The Hall–Kier alpha value is -1.46. The lowest BCUT2D eigenvalue weighted by molar-refractivity contribution is -0.119. The number of amides is 1. The highest BCUT2D eigenvalue weighted by Gasteiger charge is 2.23. The van der Waals surface area contributed by atoms with Crippen LogP contribution in [0.3, 0.4) is 0 Å². The fraction of sp³-hybridized carbons (Fsp3) is 0.500. The second-order valence-corrected chi connectivity index (χ2v) is 4.90. The van der Waals surface area contributed by atoms with Gasteiger partial charge < -0.3 is 10.6 Å². The Morgan fingerprint density at radius 1 is 1.47 bits per heavy atom. The molecule has 1 saturated heterocycles. The fourth-order valence-corrected chi connectivity index (χ4v) is 2.41. The minimum atomic E-state index is -0.294. The van der Waals surface area contributed by atoms with E-state index in [2.05, 4.69) is 4.90 Å². The molecule has 4 nitrogen and oxygen atoms in total. The van der Waals surface area contributed by atoms with Crippen molar-refractivity contribution in [1.29, 1.82) is 0 Å². The minimum Gasteiger partial charge on any atom is -0.326 e. The van der Waals surface area contributed by atoms with Crippen molar-refractivity contribution >= 4 is 11.6 Å². The first-order valence-electron chi connectivity index (χ1n) is 6.64. The highest BCUT2D eigenvalue weighted by molar-refractivity contribution is 5.94. The topological polar surface area (TPSA) is 49.6 Å². The van der Waals surface area contributed by atoms with Crippen LogP contribution in [0.15, 0.2) is 24.3 Å². The van der Waals surface area contributed by atoms with Crippen molar-refractivity contribution in [2.45, 2.75) is 19.4 Å². The van der Waals surface area contributed by atoms with Gasteiger partial charge in [-0.3, -0.25) is 9.69 Å². The number of carbonyl (C=O) groups is 1. The van der Waals surface area contributed by atoms with E-state index in [0.29, 0.717) is 13.1 Å². The lowest BCUT2D eigenvalue weighted by atomic mass is 10.2. The largest absolute Gasteiger partial charge is 0.326 e. The molecule has 0 saturated carbocycles. The van der Waals surface area contributed by atoms with Crippen molar-refractivity contribution in [3.63, 3.8) is 0 Å². The molecule has 19 heavy (non-hydrogen) atoms. The number of anilines is 1. The number of likely N-dealkylation sites (N-methyl/N-ethyl adjacent to an activating group) is 1. The average molecular weight is 265 g/mol. The van der Waals surface area contributed by atoms with Crippen LogP contribution < -0.4 is 10.6 Å². The third-order valence-corrected chi connectivity index (χ3v) is 3.42. The minimum absolute atomic E-state index is 0.0307. The standard InChI is InChI=1S/C14H20FN3O/c1-2-18(13-5-3-11(15)4-6-13)14(19)10-17-8-7-12(16)9-17/h3-6,12H,2,7-10,16H2,1H3/t12-/m1/s1. The predicted molar refractivity (Wildman–Crippen MR) is 73.5 cm³/mol. The van der Waals surface area contributed by atoms with E-state index < -0.39 is 0 Å². The maximum absolute atomic E-state index is 12.9. The average Bonchev–Trinajstić information content (AvgIpc) is 2.78. The molecule has 0 aliphatic carbocycles. The fourth-order valence-electron chi connectivity index (χ4n) is 2.41. The third-order valence-electron chi connectivity index (χ3n) is 3.42. The number of rotatable bonds is 4. The Morgan fingerprint density at radius 3 is 2.68 bits per heavy atom. The molecule has 2 rings (SSSR count). The van der Waals surface area contributed by atoms with E-state index in [1.165, 1.54) is 12.1 Å². The van der Waals surface area contributed by atoms with Crippen LogP contribution in [0.1, 0.15) is 13.3 Å². The van der Waals surface area contributed by atoms with Gasteiger partial charge in [-0.05, 0) is 37.6 Å². The van der Waals surface area contributed by atoms with Crippen LogP contribution in [-0.4, -0.2) is 43.0 Å². The summed E-state index contributed by atoms with van der Waals surface area (Å²) >= 11 is 0. The molecule has 0 radical (unpaired) electrons. The van der Waals surface area contributed by atoms with Gasteiger partial charge in [-0.15, -0.1) is 0 Å². The molecule has 2 N–H and O–H groups in total. The van der Waals surface area contributed by atoms with Crippen LogP contribution in [0.4, 0.5) is 10.1 Å². The third kappa shape index (κ3) is 3.52. The van der Waals surface area contributed by atoms with Gasteiger partial charge in [0.2, 0.25) is 5.91 Å². The number of benzene rings is 1. The molecule has 0 spiro atoms. The van der Waals surface area contributed by atoms with Crippen LogP contribution >= 0.6 is 0 Å². The van der Waals surface area contributed by atoms with Crippen molar-refractivity contribution < 1.29 is 9.18 Å². The molecule has 104 valence electrons. The van der Waals surface area contributed by atoms with Crippen LogP contribution in [0.2, 0.25) is 0 Å². The summed E-state index contributed by atoms with van der Waals surface area (Å²) in [7, 11) is 0. The van der Waals surface area contributed by atoms with E-state index in [4.69, 9.17) is 5.73 Å². The normalized spacial score (nSPS) is 19.6. The Bertz CT molecular complexity index is 435. The van der Waals surface area contributed by atoms with Crippen molar-refractivity contribution in [2.75, 3.05) is 31.1 Å². The van der Waals surface area contributed by atoms with Gasteiger partial charge in [0.15, 0.2) is 0 Å². The Kier molecular flexibility index (Phi) is 4.50. The van der Waals surface area contributed by atoms with Crippen molar-refractivity contribution in [1.82, 2.24) is 4.90 Å². The summed E-state index contributed by atoms with van der Waals surface area (Å²) in [5.74, 6) is -0.263. The predicted octanol–water partition coefficient (Wildman–Crippen LogP) is 1.21. The number of carbonyl (C=O) groups excluding carboxylic acids is 1. The van der Waals surface area contributed by atoms with Gasteiger partial charge in [0.1, 0.15) is 5.82 Å². The molecule has 1 aromatic rings. The first kappa shape index (κ1) is 14.0. The quantitative estimate of drug-likeness (QED) is 0.890. The molecular weight excluding hydrogens is 245 g/mol. The van der Waals surface area contributed by atoms with Gasteiger partial charge in [0.05, 0.1) is 6.54 Å². The Morgan fingerprint density at radius 2 is 2.16 bits per heavy atom. The lowest BCUT2D eigenvalue weighted by Crippen LogP contribution is -2.40. The molecule has 0 unspecified atom stereocenters. The maximum atomic E-state index is 12.9. The second kappa shape index (κ2) is 6.12. The number of nitrogens with zero attached hydrogens (tertiary/aromatic N) is 2. The number of nitrogens with two attached hydrogens (primary N) is 1. The summed E-state index contributed by atoms with van der Waals surface area (Å²) in [5, 5.41) is 0. The number of halogens is 1. The molecule has 0 aromatic heterocycles. The first-order valence-corrected chi connectivity index (χ1v) is 6.64. The van der Waals surface area contributed by atoms with E-state index in [1.807, 2.05) is 6.92 Å². The van der Waals surface area contributed by atoms with E-state index in [-0.39, 0.29) is 17.8 Å². The van der Waals surface area contributed by atoms with Crippen molar-refractivity contribution in [3.8, 4) is 0 Å². The van der Waals surface area contributed by atoms with E-state index in [1.54, 1.807) is 17.0 Å². The SMILES string of the molecule is CCN(C(=O)CN1CC[C@@H](N)C1)c1ccc(F)cc1. The summed E-state index contributed by atoms with van der Waals surface area (Å²) in [6.45, 7) is 4.50. The molecule has 0 bridgehead atoms. The second-order valence-electron chi connectivity index (χ2n) is 4.90. The molecular formula is C14H20FN3O. The van der Waals surface area contributed by atoms with Crippen molar-refractivity contribution in [3.05, 3.63) is 30.1 Å². The van der Waals surface area contributed by atoms with Crippen molar-refractivity contribution in [2.24, 2.45) is 5.73 Å². The van der Waals surface area contributed by atoms with Crippen LogP contribution in [-0.2, 0) is 4.79 Å². The molecule has 1 fully saturated rings. The summed E-state index contributed by atoms with van der Waals surface area (Å²) < 4.78 is 12.9. The smallest absolute Gasteiger partial charge is 0.241 e. The van der Waals surface area contributed by atoms with Gasteiger partial charge in [-0.25, -0.2) is 4.39 Å². The van der Waals surface area contributed by atoms with E-state index >= 15 is 0 Å². The van der Waals surface area contributed by atoms with Gasteiger partial charge >= 0.3 is 0 Å². The zero-order valence-corrected chi connectivity index (χ0v) is 11.2.